The first-order chi connectivity index (χ1) is 17.2. The molecule has 0 aliphatic rings. The summed E-state index contributed by atoms with van der Waals surface area (Å²) in [6.45, 7) is 27.7. The summed E-state index contributed by atoms with van der Waals surface area (Å²) in [5.41, 5.74) is 2.21. The van der Waals surface area contributed by atoms with Gasteiger partial charge in [-0.1, -0.05) is 0 Å². The number of rotatable bonds is 14. The summed E-state index contributed by atoms with van der Waals surface area (Å²) in [6, 6.07) is 20.0. The fourth-order valence-electron chi connectivity index (χ4n) is 6.53. The van der Waals surface area contributed by atoms with E-state index in [0.717, 1.165) is 11.5 Å². The minimum atomic E-state index is -4.53. The molecule has 2 rings (SSSR count). The molecule has 4 nitrogen and oxygen atoms in total. The van der Waals surface area contributed by atoms with Crippen molar-refractivity contribution >= 4 is 16.6 Å². The molecule has 2 aromatic rings. The zero-order valence-corrected chi connectivity index (χ0v) is 28.9. The monoisotopic (exact) mass is 580 g/mol. The number of benzene rings is 2. The molecule has 0 aromatic heterocycles. The summed E-state index contributed by atoms with van der Waals surface area (Å²) in [7, 11) is -4.89. The predicted octanol–water partition coefficient (Wildman–Crippen LogP) is 10.3. The van der Waals surface area contributed by atoms with Crippen LogP contribution in [0.2, 0.25) is 33.2 Å². The second-order valence-corrected chi connectivity index (χ2v) is 27.0. The van der Waals surface area contributed by atoms with Gasteiger partial charge in [-0.05, 0) is 0 Å². The molecule has 0 heterocycles. The number of para-hydroxylation sites is 2. The molecule has 0 unspecified atom stereocenters. The minimum absolute atomic E-state index is 0.369. The van der Waals surface area contributed by atoms with Crippen LogP contribution < -0.4 is 6.64 Å². The van der Waals surface area contributed by atoms with Gasteiger partial charge >= 0.3 is 236 Å². The third kappa shape index (κ3) is 7.20. The van der Waals surface area contributed by atoms with E-state index in [-0.39, 0.29) is 0 Å². The first-order valence-corrected chi connectivity index (χ1v) is 20.9. The summed E-state index contributed by atoms with van der Waals surface area (Å²) >= 11 is -4.53. The van der Waals surface area contributed by atoms with E-state index in [2.05, 4.69) is 83.1 Å². The molecule has 208 valence electrons. The third-order valence-electron chi connectivity index (χ3n) is 7.99. The molecular formula is C30H52O4Si2Ti. The van der Waals surface area contributed by atoms with Gasteiger partial charge in [0.25, 0.3) is 0 Å². The third-order valence-corrected chi connectivity index (χ3v) is 27.2. The summed E-state index contributed by atoms with van der Waals surface area (Å²) in [5.74, 6) is 1.49. The summed E-state index contributed by atoms with van der Waals surface area (Å²) < 4.78 is 29.3. The normalized spacial score (nSPS) is 13.5. The Labute approximate surface area is 235 Å². The molecule has 0 atom stereocenters. The molecule has 7 heteroatoms. The van der Waals surface area contributed by atoms with E-state index < -0.39 is 34.8 Å². The van der Waals surface area contributed by atoms with Crippen molar-refractivity contribution in [2.24, 2.45) is 0 Å². The van der Waals surface area contributed by atoms with Crippen molar-refractivity contribution in [3.63, 3.8) is 0 Å². The van der Waals surface area contributed by atoms with Gasteiger partial charge in [0.05, 0.1) is 0 Å². The molecule has 0 N–H and O–H groups in total. The van der Waals surface area contributed by atoms with Crippen molar-refractivity contribution in [1.29, 1.82) is 0 Å². The molecule has 0 aliphatic carbocycles. The summed E-state index contributed by atoms with van der Waals surface area (Å²) in [6.07, 6.45) is 0. The molecule has 0 saturated heterocycles. The van der Waals surface area contributed by atoms with E-state index >= 15 is 0 Å². The van der Waals surface area contributed by atoms with Crippen molar-refractivity contribution < 1.29 is 30.8 Å². The Morgan fingerprint density at radius 1 is 0.432 bits per heavy atom. The van der Waals surface area contributed by atoms with Gasteiger partial charge in [0.15, 0.2) is 0 Å². The van der Waals surface area contributed by atoms with Crippen LogP contribution in [0.1, 0.15) is 83.1 Å². The molecule has 2 aromatic carbocycles. The molecule has 0 bridgehead atoms. The summed E-state index contributed by atoms with van der Waals surface area (Å²) in [4.78, 5) is 0. The van der Waals surface area contributed by atoms with Crippen molar-refractivity contribution in [1.82, 2.24) is 0 Å². The molecular weight excluding hydrogens is 528 g/mol. The second kappa shape index (κ2) is 13.4. The zero-order chi connectivity index (χ0) is 28.0. The first-order valence-electron chi connectivity index (χ1n) is 14.1. The predicted molar refractivity (Wildman–Crippen MR) is 158 cm³/mol. The van der Waals surface area contributed by atoms with Gasteiger partial charge in [0, 0.05) is 0 Å². The molecule has 0 aliphatic heterocycles. The van der Waals surface area contributed by atoms with Crippen LogP contribution in [0.5, 0.6) is 11.5 Å². The fraction of sp³-hybridized carbons (Fsp3) is 0.600. The second-order valence-electron chi connectivity index (χ2n) is 12.2. The van der Waals surface area contributed by atoms with Crippen molar-refractivity contribution in [3.05, 3.63) is 60.7 Å². The molecule has 0 spiro atoms. The average Bonchev–Trinajstić information content (AvgIpc) is 2.81. The van der Waals surface area contributed by atoms with Gasteiger partial charge < -0.3 is 0 Å². The van der Waals surface area contributed by atoms with E-state index in [9.17, 15) is 0 Å². The van der Waals surface area contributed by atoms with Crippen LogP contribution in [-0.4, -0.2) is 16.6 Å². The number of hydrogen-bond acceptors (Lipinski definition) is 4. The Hall–Kier alpha value is -0.892. The first kappa shape index (κ1) is 32.3. The SMILES string of the molecule is CC(C)[Si]([O][Ti]([O]c1ccccc1)([O]c1ccccc1)[O][Si](C(C)C)(C(C)C)C(C)C)(C(C)C)C(C)C. The van der Waals surface area contributed by atoms with E-state index in [4.69, 9.17) is 12.7 Å². The van der Waals surface area contributed by atoms with Crippen LogP contribution in [0, 0.1) is 0 Å². The van der Waals surface area contributed by atoms with E-state index in [0.29, 0.717) is 33.2 Å². The van der Waals surface area contributed by atoms with E-state index in [1.807, 2.05) is 60.7 Å². The summed E-state index contributed by atoms with van der Waals surface area (Å²) in [5, 5.41) is 0. The Morgan fingerprint density at radius 2 is 0.676 bits per heavy atom. The average molecular weight is 581 g/mol. The fourth-order valence-corrected chi connectivity index (χ4v) is 30.6. The molecule has 0 saturated carbocycles. The van der Waals surface area contributed by atoms with E-state index in [1.54, 1.807) is 0 Å². The topological polar surface area (TPSA) is 36.9 Å². The Morgan fingerprint density at radius 3 is 0.892 bits per heavy atom. The van der Waals surface area contributed by atoms with Gasteiger partial charge in [-0.3, -0.25) is 0 Å². The molecule has 0 fully saturated rings. The van der Waals surface area contributed by atoms with Gasteiger partial charge in [0.2, 0.25) is 0 Å². The maximum absolute atomic E-state index is 7.62. The van der Waals surface area contributed by atoms with Crippen molar-refractivity contribution in [2.75, 3.05) is 0 Å². The van der Waals surface area contributed by atoms with Crippen LogP contribution in [-0.2, 0) is 24.2 Å². The molecule has 0 radical (unpaired) electrons. The number of hydrogen-bond donors (Lipinski definition) is 0. The molecule has 0 amide bonds. The quantitative estimate of drug-likeness (QED) is 0.208. The maximum atomic E-state index is 7.62. The Balaban J connectivity index is 2.89. The Kier molecular flexibility index (Phi) is 11.7. The van der Waals surface area contributed by atoms with Crippen LogP contribution in [0.3, 0.4) is 0 Å². The van der Waals surface area contributed by atoms with Gasteiger partial charge in [0.1, 0.15) is 0 Å². The Bertz CT molecular complexity index is 812. The molecule has 37 heavy (non-hydrogen) atoms. The zero-order valence-electron chi connectivity index (χ0n) is 25.4. The van der Waals surface area contributed by atoms with Crippen LogP contribution in [0.4, 0.5) is 0 Å². The van der Waals surface area contributed by atoms with Gasteiger partial charge in [-0.25, -0.2) is 0 Å². The van der Waals surface area contributed by atoms with Gasteiger partial charge in [-0.15, -0.1) is 0 Å². The van der Waals surface area contributed by atoms with Crippen LogP contribution >= 0.6 is 0 Å². The van der Waals surface area contributed by atoms with E-state index in [1.165, 1.54) is 0 Å². The van der Waals surface area contributed by atoms with Crippen molar-refractivity contribution in [2.45, 2.75) is 116 Å². The van der Waals surface area contributed by atoms with Crippen LogP contribution in [0.15, 0.2) is 60.7 Å². The van der Waals surface area contributed by atoms with Crippen molar-refractivity contribution in [3.8, 4) is 11.5 Å². The van der Waals surface area contributed by atoms with Gasteiger partial charge in [-0.2, -0.15) is 0 Å². The van der Waals surface area contributed by atoms with Crippen LogP contribution in [0.25, 0.3) is 0 Å². The standard InChI is InChI=1S/2C9H21OSi.2C6H6O.Ti/c2*1-7(2)11(10,8(3)4)9(5)6;2*7-6-4-2-1-3-5-6;/h2*7-9H,1-6H3;2*1-5,7H;/q2*-1;;;+4/p-2.